The van der Waals surface area contributed by atoms with Gasteiger partial charge in [0.2, 0.25) is 0 Å². The van der Waals surface area contributed by atoms with Crippen LogP contribution in [0.4, 0.5) is 11.4 Å². The summed E-state index contributed by atoms with van der Waals surface area (Å²) >= 11 is 3.68. The molecule has 0 N–H and O–H groups in total. The van der Waals surface area contributed by atoms with Crippen LogP contribution in [-0.4, -0.2) is 12.8 Å². The molecule has 0 saturated heterocycles. The van der Waals surface area contributed by atoms with Gasteiger partial charge in [0.1, 0.15) is 6.61 Å². The first-order valence-electron chi connectivity index (χ1n) is 10.8. The Morgan fingerprint density at radius 2 is 1.30 bits per heavy atom. The summed E-state index contributed by atoms with van der Waals surface area (Å²) in [7, 11) is 0. The van der Waals surface area contributed by atoms with Crippen LogP contribution < -0.4 is 14.5 Å². The molecule has 0 amide bonds. The molecule has 0 spiro atoms. The minimum Gasteiger partial charge on any atom is -0.490 e. The second kappa shape index (κ2) is 11.3. The fourth-order valence-corrected chi connectivity index (χ4v) is 3.73. The van der Waals surface area contributed by atoms with Gasteiger partial charge in [-0.05, 0) is 64.8 Å². The number of ether oxygens (including phenoxy) is 2. The minimum absolute atomic E-state index is 0.469. The lowest BCUT2D eigenvalue weighted by atomic mass is 10.2. The maximum Gasteiger partial charge on any atom is 0.162 e. The van der Waals surface area contributed by atoms with Crippen LogP contribution in [-0.2, 0) is 6.61 Å². The first-order chi connectivity index (χ1) is 16.2. The topological polar surface area (TPSA) is 34.1 Å². The Morgan fingerprint density at radius 3 is 1.88 bits per heavy atom. The number of hydrogen-bond acceptors (Lipinski definition) is 4. The van der Waals surface area contributed by atoms with Gasteiger partial charge in [-0.25, -0.2) is 5.01 Å². The monoisotopic (exact) mass is 500 g/mol. The van der Waals surface area contributed by atoms with E-state index in [4.69, 9.17) is 14.6 Å². The fourth-order valence-electron chi connectivity index (χ4n) is 3.31. The van der Waals surface area contributed by atoms with E-state index in [9.17, 15) is 0 Å². The highest BCUT2D eigenvalue weighted by Crippen LogP contribution is 2.34. The van der Waals surface area contributed by atoms with E-state index in [1.807, 2.05) is 121 Å². The predicted molar refractivity (Wildman–Crippen MR) is 139 cm³/mol. The number of benzene rings is 4. The second-order valence-electron chi connectivity index (χ2n) is 7.26. The Balaban J connectivity index is 1.62. The van der Waals surface area contributed by atoms with Gasteiger partial charge < -0.3 is 9.47 Å². The summed E-state index contributed by atoms with van der Waals surface area (Å²) in [5, 5.41) is 6.71. The summed E-state index contributed by atoms with van der Waals surface area (Å²) in [5.41, 5.74) is 3.94. The lowest BCUT2D eigenvalue weighted by Crippen LogP contribution is -2.09. The summed E-state index contributed by atoms with van der Waals surface area (Å²) in [4.78, 5) is 0. The zero-order valence-electron chi connectivity index (χ0n) is 18.4. The molecule has 4 nitrogen and oxygen atoms in total. The highest BCUT2D eigenvalue weighted by Gasteiger charge is 2.12. The van der Waals surface area contributed by atoms with E-state index in [1.165, 1.54) is 0 Å². The Hall–Kier alpha value is -3.57. The molecule has 0 aromatic heterocycles. The third-order valence-electron chi connectivity index (χ3n) is 4.91. The highest BCUT2D eigenvalue weighted by molar-refractivity contribution is 9.10. The largest absolute Gasteiger partial charge is 0.490 e. The average Bonchev–Trinajstić information content (AvgIpc) is 2.87. The number of rotatable bonds is 9. The van der Waals surface area contributed by atoms with E-state index in [0.29, 0.717) is 24.7 Å². The van der Waals surface area contributed by atoms with Gasteiger partial charge >= 0.3 is 0 Å². The van der Waals surface area contributed by atoms with Crippen LogP contribution in [0.2, 0.25) is 0 Å². The van der Waals surface area contributed by atoms with Crippen molar-refractivity contribution >= 4 is 33.5 Å². The normalized spacial score (nSPS) is 10.8. The van der Waals surface area contributed by atoms with E-state index < -0.39 is 0 Å². The minimum atomic E-state index is 0.469. The quantitative estimate of drug-likeness (QED) is 0.175. The first-order valence-corrected chi connectivity index (χ1v) is 11.6. The number of hydrogen-bond donors (Lipinski definition) is 0. The number of nitrogens with zero attached hydrogens (tertiary/aromatic N) is 2. The van der Waals surface area contributed by atoms with E-state index in [2.05, 4.69) is 15.9 Å². The van der Waals surface area contributed by atoms with Crippen molar-refractivity contribution in [2.45, 2.75) is 13.5 Å². The van der Waals surface area contributed by atoms with E-state index in [1.54, 1.807) is 0 Å². The van der Waals surface area contributed by atoms with Crippen molar-refractivity contribution < 1.29 is 9.47 Å². The lowest BCUT2D eigenvalue weighted by Gasteiger charge is -2.19. The van der Waals surface area contributed by atoms with Crippen LogP contribution in [0, 0.1) is 0 Å². The van der Waals surface area contributed by atoms with Gasteiger partial charge in [0.25, 0.3) is 0 Å². The van der Waals surface area contributed by atoms with Crippen LogP contribution in [0.15, 0.2) is 113 Å². The predicted octanol–water partition coefficient (Wildman–Crippen LogP) is 7.60. The molecular weight excluding hydrogens is 476 g/mol. The fraction of sp³-hybridized carbons (Fsp3) is 0.107. The number of anilines is 2. The summed E-state index contributed by atoms with van der Waals surface area (Å²) in [5.74, 6) is 1.37. The molecule has 0 aliphatic carbocycles. The van der Waals surface area contributed by atoms with Gasteiger partial charge in [-0.3, -0.25) is 0 Å². The molecule has 0 aliphatic heterocycles. The van der Waals surface area contributed by atoms with E-state index >= 15 is 0 Å². The lowest BCUT2D eigenvalue weighted by molar-refractivity contribution is 0.269. The Labute approximate surface area is 203 Å². The van der Waals surface area contributed by atoms with Crippen LogP contribution >= 0.6 is 15.9 Å². The van der Waals surface area contributed by atoms with Gasteiger partial charge in [0.15, 0.2) is 11.5 Å². The average molecular weight is 501 g/mol. The van der Waals surface area contributed by atoms with Gasteiger partial charge in [-0.2, -0.15) is 5.10 Å². The summed E-state index contributed by atoms with van der Waals surface area (Å²) in [6.45, 7) is 2.97. The van der Waals surface area contributed by atoms with Crippen LogP contribution in [0.5, 0.6) is 11.5 Å². The van der Waals surface area contributed by atoms with Crippen LogP contribution in [0.1, 0.15) is 18.1 Å². The maximum absolute atomic E-state index is 6.07. The van der Waals surface area contributed by atoms with Crippen molar-refractivity contribution in [2.75, 3.05) is 11.6 Å². The van der Waals surface area contributed by atoms with Crippen LogP contribution in [0.25, 0.3) is 0 Å². The van der Waals surface area contributed by atoms with Crippen LogP contribution in [0.3, 0.4) is 0 Å². The van der Waals surface area contributed by atoms with E-state index in [0.717, 1.165) is 27.0 Å². The summed E-state index contributed by atoms with van der Waals surface area (Å²) < 4.78 is 12.8. The molecule has 0 radical (unpaired) electrons. The molecule has 5 heteroatoms. The highest BCUT2D eigenvalue weighted by atomic mass is 79.9. The summed E-state index contributed by atoms with van der Waals surface area (Å²) in [6.07, 6.45) is 1.83. The molecule has 0 atom stereocenters. The SMILES string of the molecule is CCOc1cc(/C=N\N(c2ccccc2)c2ccccc2)c(Br)cc1OCc1ccccc1. The van der Waals surface area contributed by atoms with Crippen molar-refractivity contribution in [1.82, 2.24) is 0 Å². The Morgan fingerprint density at radius 1 is 0.758 bits per heavy atom. The van der Waals surface area contributed by atoms with E-state index in [-0.39, 0.29) is 0 Å². The molecule has 33 heavy (non-hydrogen) atoms. The number of halogens is 1. The van der Waals surface area contributed by atoms with Gasteiger partial charge in [-0.15, -0.1) is 0 Å². The Bertz CT molecular complexity index is 1140. The van der Waals surface area contributed by atoms with Crippen molar-refractivity contribution in [2.24, 2.45) is 5.10 Å². The zero-order chi connectivity index (χ0) is 22.9. The molecule has 0 heterocycles. The van der Waals surface area contributed by atoms with Gasteiger partial charge in [0, 0.05) is 10.0 Å². The third-order valence-corrected chi connectivity index (χ3v) is 5.60. The second-order valence-corrected chi connectivity index (χ2v) is 8.11. The molecule has 166 valence electrons. The molecule has 0 bridgehead atoms. The molecule has 4 aromatic carbocycles. The smallest absolute Gasteiger partial charge is 0.162 e. The third kappa shape index (κ3) is 6.02. The molecule has 0 aliphatic rings. The zero-order valence-corrected chi connectivity index (χ0v) is 20.0. The molecule has 4 rings (SSSR count). The maximum atomic E-state index is 6.07. The molecule has 0 saturated carbocycles. The van der Waals surface area contributed by atoms with Gasteiger partial charge in [0.05, 0.1) is 24.2 Å². The standard InChI is InChI=1S/C28H25BrN2O2/c1-2-32-27-18-23(26(29)19-28(27)33-21-22-12-6-3-7-13-22)20-30-31(24-14-8-4-9-15-24)25-16-10-5-11-17-25/h3-20H,2,21H2,1H3/b30-20-. The van der Waals surface area contributed by atoms with Crippen molar-refractivity contribution in [3.8, 4) is 11.5 Å². The molecule has 0 fully saturated rings. The molecule has 4 aromatic rings. The number of hydrazone groups is 1. The number of para-hydroxylation sites is 2. The molecular formula is C28H25BrN2O2. The molecule has 0 unspecified atom stereocenters. The Kier molecular flexibility index (Phi) is 7.77. The van der Waals surface area contributed by atoms with Gasteiger partial charge in [-0.1, -0.05) is 66.7 Å². The summed E-state index contributed by atoms with van der Waals surface area (Å²) in [6, 6.07) is 34.1. The van der Waals surface area contributed by atoms with Crippen molar-refractivity contribution in [3.63, 3.8) is 0 Å². The first kappa shape index (κ1) is 22.6. The van der Waals surface area contributed by atoms with Crippen molar-refractivity contribution in [3.05, 3.63) is 119 Å². The van der Waals surface area contributed by atoms with Crippen molar-refractivity contribution in [1.29, 1.82) is 0 Å².